The number of benzene rings is 1. The molecule has 0 spiro atoms. The zero-order valence-corrected chi connectivity index (χ0v) is 12.3. The SMILES string of the molecule is CCOC(=O)C(C)(C#N)c1ccccc1S(=O)(=O)NC. The Hall–Kier alpha value is -1.91. The lowest BCUT2D eigenvalue weighted by molar-refractivity contribution is -0.147. The molecule has 0 aliphatic carbocycles. The van der Waals surface area contributed by atoms with Crippen molar-refractivity contribution in [3.05, 3.63) is 29.8 Å². The van der Waals surface area contributed by atoms with E-state index in [1.165, 1.54) is 32.2 Å². The van der Waals surface area contributed by atoms with E-state index in [0.29, 0.717) is 0 Å². The van der Waals surface area contributed by atoms with Crippen molar-refractivity contribution >= 4 is 16.0 Å². The quantitative estimate of drug-likeness (QED) is 0.816. The first-order valence-corrected chi connectivity index (χ1v) is 7.43. The predicted molar refractivity (Wildman–Crippen MR) is 72.3 cm³/mol. The van der Waals surface area contributed by atoms with Crippen molar-refractivity contribution in [3.8, 4) is 6.07 Å². The highest BCUT2D eigenvalue weighted by Crippen LogP contribution is 2.30. The Balaban J connectivity index is 3.54. The van der Waals surface area contributed by atoms with E-state index in [1.54, 1.807) is 13.0 Å². The van der Waals surface area contributed by atoms with Gasteiger partial charge in [-0.2, -0.15) is 5.26 Å². The minimum atomic E-state index is -3.78. The molecule has 0 aliphatic rings. The number of ether oxygens (including phenoxy) is 1. The van der Waals surface area contributed by atoms with Crippen LogP contribution in [-0.4, -0.2) is 28.0 Å². The summed E-state index contributed by atoms with van der Waals surface area (Å²) in [5.74, 6) is -0.777. The van der Waals surface area contributed by atoms with Crippen LogP contribution in [0.15, 0.2) is 29.2 Å². The van der Waals surface area contributed by atoms with Gasteiger partial charge in [-0.15, -0.1) is 0 Å². The smallest absolute Gasteiger partial charge is 0.330 e. The van der Waals surface area contributed by atoms with E-state index in [2.05, 4.69) is 4.72 Å². The molecule has 1 N–H and O–H groups in total. The van der Waals surface area contributed by atoms with Gasteiger partial charge in [0.1, 0.15) is 0 Å². The van der Waals surface area contributed by atoms with Crippen molar-refractivity contribution in [2.75, 3.05) is 13.7 Å². The van der Waals surface area contributed by atoms with Crippen LogP contribution in [0.2, 0.25) is 0 Å². The third-order valence-electron chi connectivity index (χ3n) is 2.89. The van der Waals surface area contributed by atoms with E-state index >= 15 is 0 Å². The van der Waals surface area contributed by atoms with Gasteiger partial charge in [0, 0.05) is 5.56 Å². The van der Waals surface area contributed by atoms with Crippen LogP contribution in [-0.2, 0) is 25.0 Å². The Kier molecular flexibility index (Phi) is 4.87. The normalized spacial score (nSPS) is 14.1. The molecule has 0 bridgehead atoms. The predicted octanol–water partition coefficient (Wildman–Crippen LogP) is 0.939. The minimum absolute atomic E-state index is 0.0929. The number of carbonyl (C=O) groups excluding carboxylic acids is 1. The zero-order chi connectivity index (χ0) is 15.4. The largest absolute Gasteiger partial charge is 0.465 e. The van der Waals surface area contributed by atoms with Gasteiger partial charge in [-0.1, -0.05) is 18.2 Å². The molecule has 0 amide bonds. The minimum Gasteiger partial charge on any atom is -0.465 e. The summed E-state index contributed by atoms with van der Waals surface area (Å²) < 4.78 is 31.0. The fourth-order valence-electron chi connectivity index (χ4n) is 1.72. The van der Waals surface area contributed by atoms with Crippen molar-refractivity contribution in [2.24, 2.45) is 0 Å². The van der Waals surface area contributed by atoms with Crippen molar-refractivity contribution in [1.82, 2.24) is 4.72 Å². The number of sulfonamides is 1. The molecule has 1 atom stereocenters. The summed E-state index contributed by atoms with van der Waals surface area (Å²) >= 11 is 0. The Labute approximate surface area is 118 Å². The molecule has 108 valence electrons. The molecular weight excluding hydrogens is 280 g/mol. The third kappa shape index (κ3) is 2.81. The molecule has 0 saturated heterocycles. The number of hydrogen-bond acceptors (Lipinski definition) is 5. The molecule has 7 heteroatoms. The van der Waals surface area contributed by atoms with Crippen LogP contribution in [0, 0.1) is 11.3 Å². The summed E-state index contributed by atoms with van der Waals surface area (Å²) in [5, 5.41) is 9.33. The van der Waals surface area contributed by atoms with Crippen LogP contribution in [0.1, 0.15) is 19.4 Å². The molecule has 0 radical (unpaired) electrons. The molecule has 0 heterocycles. The molecule has 1 aromatic rings. The van der Waals surface area contributed by atoms with Crippen molar-refractivity contribution in [2.45, 2.75) is 24.2 Å². The lowest BCUT2D eigenvalue weighted by Gasteiger charge is -2.22. The summed E-state index contributed by atoms with van der Waals surface area (Å²) in [6.45, 7) is 3.07. The van der Waals surface area contributed by atoms with Crippen LogP contribution in [0.3, 0.4) is 0 Å². The number of carbonyl (C=O) groups is 1. The molecule has 0 aliphatic heterocycles. The van der Waals surface area contributed by atoms with E-state index < -0.39 is 21.4 Å². The molecule has 0 saturated carbocycles. The van der Waals surface area contributed by atoms with Crippen molar-refractivity contribution < 1.29 is 17.9 Å². The van der Waals surface area contributed by atoms with Crippen molar-refractivity contribution in [1.29, 1.82) is 5.26 Å². The summed E-state index contributed by atoms with van der Waals surface area (Å²) in [4.78, 5) is 11.9. The van der Waals surface area contributed by atoms with E-state index in [9.17, 15) is 18.5 Å². The lowest BCUT2D eigenvalue weighted by Crippen LogP contribution is -2.35. The van der Waals surface area contributed by atoms with Crippen LogP contribution < -0.4 is 4.72 Å². The number of nitrogens with one attached hydrogen (secondary N) is 1. The molecule has 6 nitrogen and oxygen atoms in total. The maximum atomic E-state index is 12.0. The molecule has 1 unspecified atom stereocenters. The topological polar surface area (TPSA) is 96.3 Å². The Morgan fingerprint density at radius 3 is 2.55 bits per heavy atom. The summed E-state index contributed by atoms with van der Waals surface area (Å²) in [7, 11) is -2.52. The molecular formula is C13H16N2O4S. The maximum absolute atomic E-state index is 12.0. The van der Waals surface area contributed by atoms with Crippen LogP contribution in [0.5, 0.6) is 0 Å². The molecule has 0 fully saturated rings. The summed E-state index contributed by atoms with van der Waals surface area (Å²) in [6.07, 6.45) is 0. The molecule has 1 aromatic carbocycles. The third-order valence-corrected chi connectivity index (χ3v) is 4.36. The Morgan fingerprint density at radius 1 is 1.45 bits per heavy atom. The number of nitriles is 1. The van der Waals surface area contributed by atoms with Gasteiger partial charge in [-0.25, -0.2) is 17.9 Å². The van der Waals surface area contributed by atoms with Gasteiger partial charge >= 0.3 is 5.97 Å². The van der Waals surface area contributed by atoms with E-state index in [-0.39, 0.29) is 17.1 Å². The van der Waals surface area contributed by atoms with Gasteiger partial charge in [-0.3, -0.25) is 0 Å². The van der Waals surface area contributed by atoms with Crippen LogP contribution in [0.4, 0.5) is 0 Å². The Bertz CT molecular complexity index is 649. The zero-order valence-electron chi connectivity index (χ0n) is 11.5. The van der Waals surface area contributed by atoms with Gasteiger partial charge in [0.15, 0.2) is 5.41 Å². The van der Waals surface area contributed by atoms with Crippen LogP contribution in [0.25, 0.3) is 0 Å². The van der Waals surface area contributed by atoms with E-state index in [1.807, 2.05) is 6.07 Å². The second-order valence-corrected chi connectivity index (χ2v) is 6.02. The lowest BCUT2D eigenvalue weighted by atomic mass is 9.84. The summed E-state index contributed by atoms with van der Waals surface area (Å²) in [5.41, 5.74) is -1.59. The van der Waals surface area contributed by atoms with Gasteiger partial charge < -0.3 is 4.74 Å². The average molecular weight is 296 g/mol. The monoisotopic (exact) mass is 296 g/mol. The van der Waals surface area contributed by atoms with Gasteiger partial charge in [0.2, 0.25) is 10.0 Å². The number of nitrogens with zero attached hydrogens (tertiary/aromatic N) is 1. The average Bonchev–Trinajstić information content (AvgIpc) is 2.46. The first kappa shape index (κ1) is 16.1. The first-order valence-electron chi connectivity index (χ1n) is 5.95. The van der Waals surface area contributed by atoms with Gasteiger partial charge in [-0.05, 0) is 27.0 Å². The highest BCUT2D eigenvalue weighted by Gasteiger charge is 2.40. The fraction of sp³-hybridized carbons (Fsp3) is 0.385. The van der Waals surface area contributed by atoms with Crippen LogP contribution >= 0.6 is 0 Å². The van der Waals surface area contributed by atoms with Crippen molar-refractivity contribution in [3.63, 3.8) is 0 Å². The highest BCUT2D eigenvalue weighted by atomic mass is 32.2. The second kappa shape index (κ2) is 6.03. The standard InChI is InChI=1S/C13H16N2O4S/c1-4-19-12(16)13(2,9-14)10-7-5-6-8-11(10)20(17,18)15-3/h5-8,15H,4H2,1-3H3. The Morgan fingerprint density at radius 2 is 2.05 bits per heavy atom. The molecule has 0 aromatic heterocycles. The molecule has 20 heavy (non-hydrogen) atoms. The van der Waals surface area contributed by atoms with Gasteiger partial charge in [0.05, 0.1) is 17.6 Å². The maximum Gasteiger partial charge on any atom is 0.330 e. The highest BCUT2D eigenvalue weighted by molar-refractivity contribution is 7.89. The molecule has 1 rings (SSSR count). The number of esters is 1. The van der Waals surface area contributed by atoms with E-state index in [4.69, 9.17) is 4.74 Å². The summed E-state index contributed by atoms with van der Waals surface area (Å²) in [6, 6.07) is 7.72. The fourth-order valence-corrected chi connectivity index (χ4v) is 2.75. The van der Waals surface area contributed by atoms with E-state index in [0.717, 1.165) is 0 Å². The number of hydrogen-bond donors (Lipinski definition) is 1. The number of rotatable bonds is 5. The second-order valence-electron chi connectivity index (χ2n) is 4.16. The first-order chi connectivity index (χ1) is 9.33. The van der Waals surface area contributed by atoms with Gasteiger partial charge in [0.25, 0.3) is 0 Å².